The Morgan fingerprint density at radius 1 is 0.724 bits per heavy atom. The Morgan fingerprint density at radius 2 is 1.28 bits per heavy atom. The van der Waals surface area contributed by atoms with Crippen LogP contribution in [0, 0.1) is 5.82 Å². The van der Waals surface area contributed by atoms with Crippen molar-refractivity contribution in [2.75, 3.05) is 0 Å². The first-order chi connectivity index (χ1) is 14.1. The van der Waals surface area contributed by atoms with Crippen LogP contribution >= 0.6 is 0 Å². The smallest absolute Gasteiger partial charge is 0.314 e. The van der Waals surface area contributed by atoms with Crippen molar-refractivity contribution < 1.29 is 23.5 Å². The highest BCUT2D eigenvalue weighted by Gasteiger charge is 2.26. The van der Waals surface area contributed by atoms with Crippen LogP contribution in [0.25, 0.3) is 0 Å². The molecule has 0 spiro atoms. The predicted molar refractivity (Wildman–Crippen MR) is 106 cm³/mol. The minimum atomic E-state index is -0.778. The SMILES string of the molecule is O=C(CC(C(=O)OCc1ccc(F)cc1)c1ccccc1)OCc1ccccc1. The largest absolute Gasteiger partial charge is 0.461 e. The van der Waals surface area contributed by atoms with E-state index in [2.05, 4.69) is 0 Å². The lowest BCUT2D eigenvalue weighted by Gasteiger charge is -2.16. The van der Waals surface area contributed by atoms with Crippen LogP contribution in [-0.4, -0.2) is 11.9 Å². The lowest BCUT2D eigenvalue weighted by molar-refractivity contribution is -0.153. The summed E-state index contributed by atoms with van der Waals surface area (Å²) in [7, 11) is 0. The summed E-state index contributed by atoms with van der Waals surface area (Å²) in [6.07, 6.45) is -0.126. The van der Waals surface area contributed by atoms with Gasteiger partial charge < -0.3 is 9.47 Å². The molecule has 0 saturated heterocycles. The normalized spacial score (nSPS) is 11.5. The molecule has 1 unspecified atom stereocenters. The van der Waals surface area contributed by atoms with Crippen LogP contribution in [-0.2, 0) is 32.3 Å². The van der Waals surface area contributed by atoms with Crippen LogP contribution in [0.5, 0.6) is 0 Å². The standard InChI is InChI=1S/C24H21FO4/c25-21-13-11-19(12-14-21)17-29-24(27)22(20-9-5-2-6-10-20)15-23(26)28-16-18-7-3-1-4-8-18/h1-14,22H,15-17H2. The van der Waals surface area contributed by atoms with Crippen molar-refractivity contribution in [3.63, 3.8) is 0 Å². The molecule has 29 heavy (non-hydrogen) atoms. The molecule has 3 aromatic rings. The molecule has 0 amide bonds. The molecule has 0 radical (unpaired) electrons. The molecule has 3 aromatic carbocycles. The number of ether oxygens (including phenoxy) is 2. The summed E-state index contributed by atoms with van der Waals surface area (Å²) in [5.41, 5.74) is 2.21. The fourth-order valence-corrected chi connectivity index (χ4v) is 2.82. The van der Waals surface area contributed by atoms with E-state index in [1.807, 2.05) is 36.4 Å². The van der Waals surface area contributed by atoms with E-state index in [1.54, 1.807) is 36.4 Å². The predicted octanol–water partition coefficient (Wildman–Crippen LogP) is 4.79. The molecular weight excluding hydrogens is 371 g/mol. The molecular formula is C24H21FO4. The van der Waals surface area contributed by atoms with Gasteiger partial charge in [-0.15, -0.1) is 0 Å². The average molecular weight is 392 g/mol. The maximum absolute atomic E-state index is 13.0. The number of carbonyl (C=O) groups excluding carboxylic acids is 2. The Labute approximate surface area is 168 Å². The van der Waals surface area contributed by atoms with Crippen molar-refractivity contribution >= 4 is 11.9 Å². The molecule has 0 aromatic heterocycles. The number of benzene rings is 3. The Morgan fingerprint density at radius 3 is 1.93 bits per heavy atom. The van der Waals surface area contributed by atoms with Gasteiger partial charge in [0.1, 0.15) is 19.0 Å². The Balaban J connectivity index is 1.63. The van der Waals surface area contributed by atoms with Crippen LogP contribution < -0.4 is 0 Å². The summed E-state index contributed by atoms with van der Waals surface area (Å²) >= 11 is 0. The second-order valence-corrected chi connectivity index (χ2v) is 6.55. The molecule has 5 heteroatoms. The van der Waals surface area contributed by atoms with E-state index in [1.165, 1.54) is 12.1 Å². The van der Waals surface area contributed by atoms with Gasteiger partial charge in [0.25, 0.3) is 0 Å². The Hall–Kier alpha value is -3.47. The van der Waals surface area contributed by atoms with Gasteiger partial charge in [0.15, 0.2) is 0 Å². The lowest BCUT2D eigenvalue weighted by Crippen LogP contribution is -2.20. The Kier molecular flexibility index (Phi) is 7.11. The molecule has 0 N–H and O–H groups in total. The highest BCUT2D eigenvalue weighted by molar-refractivity contribution is 5.84. The number of carbonyl (C=O) groups is 2. The summed E-state index contributed by atoms with van der Waals surface area (Å²) in [5.74, 6) is -2.15. The lowest BCUT2D eigenvalue weighted by atomic mass is 9.96. The minimum Gasteiger partial charge on any atom is -0.461 e. The van der Waals surface area contributed by atoms with Crippen LogP contribution in [0.1, 0.15) is 29.0 Å². The minimum absolute atomic E-state index is 0.00150. The van der Waals surface area contributed by atoms with Gasteiger partial charge in [-0.05, 0) is 28.8 Å². The van der Waals surface area contributed by atoms with Gasteiger partial charge in [0.2, 0.25) is 0 Å². The second-order valence-electron chi connectivity index (χ2n) is 6.55. The zero-order chi connectivity index (χ0) is 20.5. The monoisotopic (exact) mass is 392 g/mol. The van der Waals surface area contributed by atoms with E-state index >= 15 is 0 Å². The van der Waals surface area contributed by atoms with Gasteiger partial charge in [-0.25, -0.2) is 4.39 Å². The third-order valence-electron chi connectivity index (χ3n) is 4.39. The first-order valence-corrected chi connectivity index (χ1v) is 9.27. The van der Waals surface area contributed by atoms with Gasteiger partial charge in [0.05, 0.1) is 12.3 Å². The molecule has 0 aliphatic heterocycles. The highest BCUT2D eigenvalue weighted by Crippen LogP contribution is 2.23. The molecule has 4 nitrogen and oxygen atoms in total. The number of rotatable bonds is 8. The van der Waals surface area contributed by atoms with Crippen molar-refractivity contribution in [3.8, 4) is 0 Å². The molecule has 0 bridgehead atoms. The van der Waals surface area contributed by atoms with Gasteiger partial charge >= 0.3 is 11.9 Å². The third-order valence-corrected chi connectivity index (χ3v) is 4.39. The summed E-state index contributed by atoms with van der Waals surface area (Å²) in [4.78, 5) is 25.0. The fourth-order valence-electron chi connectivity index (χ4n) is 2.82. The zero-order valence-corrected chi connectivity index (χ0v) is 15.8. The summed E-state index contributed by atoms with van der Waals surface area (Å²) in [5, 5.41) is 0. The van der Waals surface area contributed by atoms with Crippen LogP contribution in [0.3, 0.4) is 0 Å². The van der Waals surface area contributed by atoms with Gasteiger partial charge in [-0.3, -0.25) is 9.59 Å². The van der Waals surface area contributed by atoms with Gasteiger partial charge in [-0.2, -0.15) is 0 Å². The first kappa shape index (κ1) is 20.3. The zero-order valence-electron chi connectivity index (χ0n) is 15.8. The molecule has 1 atom stereocenters. The Bertz CT molecular complexity index is 924. The topological polar surface area (TPSA) is 52.6 Å². The highest BCUT2D eigenvalue weighted by atomic mass is 19.1. The van der Waals surface area contributed by atoms with E-state index in [9.17, 15) is 14.0 Å². The van der Waals surface area contributed by atoms with Gasteiger partial charge in [-0.1, -0.05) is 72.8 Å². The van der Waals surface area contributed by atoms with Crippen molar-refractivity contribution in [3.05, 3.63) is 107 Å². The van der Waals surface area contributed by atoms with Crippen LogP contribution in [0.15, 0.2) is 84.9 Å². The average Bonchev–Trinajstić information content (AvgIpc) is 2.77. The fraction of sp³-hybridized carbons (Fsp3) is 0.167. The molecule has 0 aliphatic carbocycles. The van der Waals surface area contributed by atoms with E-state index < -0.39 is 17.9 Å². The maximum atomic E-state index is 13.0. The number of hydrogen-bond acceptors (Lipinski definition) is 4. The van der Waals surface area contributed by atoms with E-state index in [-0.39, 0.29) is 25.5 Å². The maximum Gasteiger partial charge on any atom is 0.314 e. The molecule has 0 heterocycles. The number of esters is 2. The molecule has 148 valence electrons. The molecule has 3 rings (SSSR count). The third kappa shape index (κ3) is 6.28. The molecule has 0 fully saturated rings. The van der Waals surface area contributed by atoms with Crippen molar-refractivity contribution in [2.24, 2.45) is 0 Å². The van der Waals surface area contributed by atoms with E-state index in [0.717, 1.165) is 5.56 Å². The number of hydrogen-bond donors (Lipinski definition) is 0. The van der Waals surface area contributed by atoms with Crippen LogP contribution in [0.2, 0.25) is 0 Å². The summed E-state index contributed by atoms with van der Waals surface area (Å²) in [6.45, 7) is 0.146. The van der Waals surface area contributed by atoms with E-state index in [4.69, 9.17) is 9.47 Å². The summed E-state index contributed by atoms with van der Waals surface area (Å²) in [6, 6.07) is 24.0. The quantitative estimate of drug-likeness (QED) is 0.518. The van der Waals surface area contributed by atoms with Crippen molar-refractivity contribution in [1.82, 2.24) is 0 Å². The van der Waals surface area contributed by atoms with Crippen LogP contribution in [0.4, 0.5) is 4.39 Å². The van der Waals surface area contributed by atoms with Crippen molar-refractivity contribution in [2.45, 2.75) is 25.6 Å². The van der Waals surface area contributed by atoms with E-state index in [0.29, 0.717) is 11.1 Å². The van der Waals surface area contributed by atoms with Crippen molar-refractivity contribution in [1.29, 1.82) is 0 Å². The second kappa shape index (κ2) is 10.2. The first-order valence-electron chi connectivity index (χ1n) is 9.27. The molecule has 0 aliphatic rings. The molecule has 0 saturated carbocycles. The number of halogens is 1. The van der Waals surface area contributed by atoms with Gasteiger partial charge in [0, 0.05) is 0 Å². The summed E-state index contributed by atoms with van der Waals surface area (Å²) < 4.78 is 23.7.